The zero-order chi connectivity index (χ0) is 16.8. The van der Waals surface area contributed by atoms with Gasteiger partial charge >= 0.3 is 0 Å². The summed E-state index contributed by atoms with van der Waals surface area (Å²) in [5.74, 6) is 0.928. The van der Waals surface area contributed by atoms with Crippen molar-refractivity contribution < 1.29 is 4.74 Å². The fourth-order valence-corrected chi connectivity index (χ4v) is 2.76. The van der Waals surface area contributed by atoms with Gasteiger partial charge in [-0.05, 0) is 34.9 Å². The first-order chi connectivity index (χ1) is 11.7. The molecule has 24 heavy (non-hydrogen) atoms. The number of fused-ring (bicyclic) bond motifs is 1. The van der Waals surface area contributed by atoms with E-state index in [0.29, 0.717) is 6.61 Å². The Hall–Kier alpha value is -2.58. The second-order valence-electron chi connectivity index (χ2n) is 6.10. The Kier molecular flexibility index (Phi) is 5.29. The molecule has 3 aromatic carbocycles. The predicted octanol–water partition coefficient (Wildman–Crippen LogP) is 5.08. The second-order valence-corrected chi connectivity index (χ2v) is 6.10. The lowest BCUT2D eigenvalue weighted by molar-refractivity contribution is 0.348. The summed E-state index contributed by atoms with van der Waals surface area (Å²) in [5, 5.41) is 6.00. The normalized spacial score (nSPS) is 10.7. The number of rotatable bonds is 7. The summed E-state index contributed by atoms with van der Waals surface area (Å²) in [7, 11) is 0. The first kappa shape index (κ1) is 16.3. The number of benzene rings is 3. The van der Waals surface area contributed by atoms with Crippen molar-refractivity contribution in [1.82, 2.24) is 5.32 Å². The number of nitrogens with one attached hydrogen (secondary N) is 1. The van der Waals surface area contributed by atoms with E-state index in [-0.39, 0.29) is 0 Å². The van der Waals surface area contributed by atoms with E-state index in [1.807, 2.05) is 13.0 Å². The van der Waals surface area contributed by atoms with Crippen molar-refractivity contribution in [3.63, 3.8) is 0 Å². The van der Waals surface area contributed by atoms with E-state index in [9.17, 15) is 0 Å². The SMILES string of the molecule is C=C(C)COc1ccc2ccccc2c1CNCc1ccccc1. The van der Waals surface area contributed by atoms with Gasteiger partial charge in [-0.15, -0.1) is 0 Å². The summed E-state index contributed by atoms with van der Waals surface area (Å²) in [5.41, 5.74) is 3.50. The Morgan fingerprint density at radius 1 is 0.917 bits per heavy atom. The molecule has 0 heterocycles. The van der Waals surface area contributed by atoms with Gasteiger partial charge in [0.2, 0.25) is 0 Å². The van der Waals surface area contributed by atoms with E-state index in [2.05, 4.69) is 72.6 Å². The minimum absolute atomic E-state index is 0.546. The molecule has 3 aromatic rings. The van der Waals surface area contributed by atoms with Gasteiger partial charge < -0.3 is 10.1 Å². The van der Waals surface area contributed by atoms with Gasteiger partial charge in [-0.25, -0.2) is 0 Å². The van der Waals surface area contributed by atoms with Crippen LogP contribution in [0.15, 0.2) is 78.9 Å². The summed E-state index contributed by atoms with van der Waals surface area (Å²) >= 11 is 0. The third-order valence-corrected chi connectivity index (χ3v) is 3.95. The van der Waals surface area contributed by atoms with Crippen LogP contribution in [0.25, 0.3) is 10.8 Å². The zero-order valence-corrected chi connectivity index (χ0v) is 14.1. The summed E-state index contributed by atoms with van der Waals surface area (Å²) in [6.07, 6.45) is 0. The van der Waals surface area contributed by atoms with Crippen LogP contribution in [0.1, 0.15) is 18.1 Å². The first-order valence-electron chi connectivity index (χ1n) is 8.26. The van der Waals surface area contributed by atoms with E-state index in [1.165, 1.54) is 21.9 Å². The lowest BCUT2D eigenvalue weighted by Crippen LogP contribution is -2.14. The minimum Gasteiger partial charge on any atom is -0.489 e. The Balaban J connectivity index is 1.82. The lowest BCUT2D eigenvalue weighted by Gasteiger charge is -2.15. The minimum atomic E-state index is 0.546. The van der Waals surface area contributed by atoms with E-state index < -0.39 is 0 Å². The molecule has 0 aromatic heterocycles. The van der Waals surface area contributed by atoms with Crippen LogP contribution < -0.4 is 10.1 Å². The quantitative estimate of drug-likeness (QED) is 0.613. The lowest BCUT2D eigenvalue weighted by atomic mass is 10.0. The Labute approximate surface area is 143 Å². The van der Waals surface area contributed by atoms with Gasteiger partial charge in [0.15, 0.2) is 0 Å². The van der Waals surface area contributed by atoms with Crippen molar-refractivity contribution in [3.05, 3.63) is 90.0 Å². The Bertz CT molecular complexity index is 824. The molecule has 0 aliphatic rings. The van der Waals surface area contributed by atoms with Crippen LogP contribution in [0.3, 0.4) is 0 Å². The van der Waals surface area contributed by atoms with Gasteiger partial charge in [0.1, 0.15) is 12.4 Å². The molecule has 3 rings (SSSR count). The fourth-order valence-electron chi connectivity index (χ4n) is 2.76. The number of ether oxygens (including phenoxy) is 1. The molecule has 0 fully saturated rings. The highest BCUT2D eigenvalue weighted by Crippen LogP contribution is 2.28. The van der Waals surface area contributed by atoms with E-state index in [0.717, 1.165) is 24.4 Å². The van der Waals surface area contributed by atoms with Gasteiger partial charge in [-0.1, -0.05) is 67.2 Å². The van der Waals surface area contributed by atoms with Crippen LogP contribution in [0, 0.1) is 0 Å². The van der Waals surface area contributed by atoms with Crippen molar-refractivity contribution in [2.75, 3.05) is 6.61 Å². The Morgan fingerprint density at radius 3 is 2.46 bits per heavy atom. The molecule has 0 spiro atoms. The van der Waals surface area contributed by atoms with Crippen molar-refractivity contribution in [2.24, 2.45) is 0 Å². The van der Waals surface area contributed by atoms with Gasteiger partial charge in [-0.2, -0.15) is 0 Å². The predicted molar refractivity (Wildman–Crippen MR) is 101 cm³/mol. The third-order valence-electron chi connectivity index (χ3n) is 3.95. The smallest absolute Gasteiger partial charge is 0.124 e. The topological polar surface area (TPSA) is 21.3 Å². The highest BCUT2D eigenvalue weighted by molar-refractivity contribution is 5.87. The van der Waals surface area contributed by atoms with Crippen LogP contribution in [0.2, 0.25) is 0 Å². The van der Waals surface area contributed by atoms with Crippen molar-refractivity contribution in [1.29, 1.82) is 0 Å². The molecule has 1 N–H and O–H groups in total. The van der Waals surface area contributed by atoms with Crippen molar-refractivity contribution >= 4 is 10.8 Å². The second kappa shape index (κ2) is 7.80. The standard InChI is InChI=1S/C22H23NO/c1-17(2)16-24-22-13-12-19-10-6-7-11-20(19)21(22)15-23-14-18-8-4-3-5-9-18/h3-13,23H,1,14-16H2,2H3. The molecule has 2 nitrogen and oxygen atoms in total. The van der Waals surface area contributed by atoms with Gasteiger partial charge in [0.05, 0.1) is 0 Å². The number of hydrogen-bond acceptors (Lipinski definition) is 2. The molecular weight excluding hydrogens is 294 g/mol. The van der Waals surface area contributed by atoms with Gasteiger partial charge in [0, 0.05) is 18.7 Å². The molecule has 0 amide bonds. The largest absolute Gasteiger partial charge is 0.489 e. The maximum absolute atomic E-state index is 5.97. The average molecular weight is 317 g/mol. The van der Waals surface area contributed by atoms with Crippen LogP contribution in [0.4, 0.5) is 0 Å². The third kappa shape index (κ3) is 4.03. The maximum atomic E-state index is 5.97. The summed E-state index contributed by atoms with van der Waals surface area (Å²) in [6.45, 7) is 8.05. The molecule has 0 aliphatic heterocycles. The Morgan fingerprint density at radius 2 is 1.67 bits per heavy atom. The fraction of sp³-hybridized carbons (Fsp3) is 0.182. The van der Waals surface area contributed by atoms with E-state index in [1.54, 1.807) is 0 Å². The van der Waals surface area contributed by atoms with Crippen molar-refractivity contribution in [3.8, 4) is 5.75 Å². The number of hydrogen-bond donors (Lipinski definition) is 1. The summed E-state index contributed by atoms with van der Waals surface area (Å²) < 4.78 is 5.97. The molecule has 0 saturated carbocycles. The van der Waals surface area contributed by atoms with Crippen LogP contribution >= 0.6 is 0 Å². The van der Waals surface area contributed by atoms with Gasteiger partial charge in [-0.3, -0.25) is 0 Å². The molecular formula is C22H23NO. The summed E-state index contributed by atoms with van der Waals surface area (Å²) in [4.78, 5) is 0. The average Bonchev–Trinajstić information content (AvgIpc) is 2.61. The van der Waals surface area contributed by atoms with Gasteiger partial charge in [0.25, 0.3) is 0 Å². The monoisotopic (exact) mass is 317 g/mol. The zero-order valence-electron chi connectivity index (χ0n) is 14.1. The first-order valence-corrected chi connectivity index (χ1v) is 8.26. The van der Waals surface area contributed by atoms with Crippen molar-refractivity contribution in [2.45, 2.75) is 20.0 Å². The van der Waals surface area contributed by atoms with Crippen LogP contribution in [-0.2, 0) is 13.1 Å². The molecule has 0 atom stereocenters. The molecule has 0 bridgehead atoms. The van der Waals surface area contributed by atoms with Crippen LogP contribution in [-0.4, -0.2) is 6.61 Å². The molecule has 0 saturated heterocycles. The molecule has 0 aliphatic carbocycles. The van der Waals surface area contributed by atoms with E-state index in [4.69, 9.17) is 4.74 Å². The highest BCUT2D eigenvalue weighted by Gasteiger charge is 2.09. The molecule has 122 valence electrons. The molecule has 2 heteroatoms. The summed E-state index contributed by atoms with van der Waals surface area (Å²) in [6, 6.07) is 23.0. The highest BCUT2D eigenvalue weighted by atomic mass is 16.5. The van der Waals surface area contributed by atoms with Crippen LogP contribution in [0.5, 0.6) is 5.75 Å². The molecule has 0 unspecified atom stereocenters. The maximum Gasteiger partial charge on any atom is 0.124 e. The molecule has 0 radical (unpaired) electrons. The van der Waals surface area contributed by atoms with E-state index >= 15 is 0 Å².